The second kappa shape index (κ2) is 6.28. The Bertz CT molecular complexity index is 1320. The summed E-state index contributed by atoms with van der Waals surface area (Å²) in [6.45, 7) is 0. The van der Waals surface area contributed by atoms with Crippen LogP contribution in [0.2, 0.25) is 0 Å². The summed E-state index contributed by atoms with van der Waals surface area (Å²) in [6, 6.07) is 19.9. The highest BCUT2D eigenvalue weighted by Gasteiger charge is 2.24. The Labute approximate surface area is 159 Å². The minimum atomic E-state index is -0.233. The van der Waals surface area contributed by atoms with E-state index >= 15 is 0 Å². The molecule has 0 saturated carbocycles. The van der Waals surface area contributed by atoms with E-state index in [0.717, 1.165) is 11.3 Å². The number of carbonyl (C=O) groups excluding carboxylic acids is 1. The van der Waals surface area contributed by atoms with Gasteiger partial charge in [-0.2, -0.15) is 0 Å². The van der Waals surface area contributed by atoms with Crippen molar-refractivity contribution in [3.8, 4) is 5.82 Å². The van der Waals surface area contributed by atoms with E-state index in [-0.39, 0.29) is 11.5 Å². The molecule has 1 aliphatic heterocycles. The van der Waals surface area contributed by atoms with E-state index in [1.807, 2.05) is 30.3 Å². The molecule has 0 spiro atoms. The summed E-state index contributed by atoms with van der Waals surface area (Å²) in [5.41, 5.74) is 2.32. The molecule has 28 heavy (non-hydrogen) atoms. The minimum Gasteiger partial charge on any atom is -0.321 e. The first-order valence-electron chi connectivity index (χ1n) is 8.78. The van der Waals surface area contributed by atoms with Crippen LogP contribution in [0.3, 0.4) is 0 Å². The number of nitrogens with zero attached hydrogens (tertiary/aromatic N) is 3. The molecule has 0 atom stereocenters. The second-order valence-electron chi connectivity index (χ2n) is 6.37. The molecule has 2 aromatic heterocycles. The minimum absolute atomic E-state index is 0.226. The highest BCUT2D eigenvalue weighted by atomic mass is 16.2. The number of amides is 1. The first-order chi connectivity index (χ1) is 13.7. The van der Waals surface area contributed by atoms with Crippen molar-refractivity contribution in [3.05, 3.63) is 94.7 Å². The predicted octanol–water partition coefficient (Wildman–Crippen LogP) is 3.27. The molecule has 0 aliphatic carbocycles. The van der Waals surface area contributed by atoms with Crippen LogP contribution in [0.1, 0.15) is 11.4 Å². The number of para-hydroxylation sites is 2. The van der Waals surface area contributed by atoms with Gasteiger partial charge in [0, 0.05) is 17.4 Å². The molecule has 0 radical (unpaired) electrons. The highest BCUT2D eigenvalue weighted by molar-refractivity contribution is 6.34. The van der Waals surface area contributed by atoms with Crippen molar-refractivity contribution in [1.29, 1.82) is 0 Å². The number of fused-ring (bicyclic) bond motifs is 2. The van der Waals surface area contributed by atoms with Crippen molar-refractivity contribution in [2.45, 2.75) is 0 Å². The Morgan fingerprint density at radius 3 is 2.54 bits per heavy atom. The molecule has 1 amide bonds. The molecule has 0 fully saturated rings. The largest absolute Gasteiger partial charge is 0.321 e. The number of hydrogen-bond acceptors (Lipinski definition) is 4. The molecule has 0 bridgehead atoms. The third-order valence-electron chi connectivity index (χ3n) is 4.66. The van der Waals surface area contributed by atoms with Crippen LogP contribution in [0.4, 0.5) is 5.69 Å². The monoisotopic (exact) mass is 366 g/mol. The zero-order chi connectivity index (χ0) is 19.1. The molecule has 6 nitrogen and oxygen atoms in total. The van der Waals surface area contributed by atoms with Gasteiger partial charge in [0.05, 0.1) is 16.5 Å². The average molecular weight is 366 g/mol. The van der Waals surface area contributed by atoms with Crippen molar-refractivity contribution in [1.82, 2.24) is 14.5 Å². The lowest BCUT2D eigenvalue weighted by Crippen LogP contribution is -2.23. The summed E-state index contributed by atoms with van der Waals surface area (Å²) >= 11 is 0. The third-order valence-corrected chi connectivity index (χ3v) is 4.66. The maximum atomic E-state index is 13.2. The van der Waals surface area contributed by atoms with Gasteiger partial charge in [-0.1, -0.05) is 36.4 Å². The molecule has 4 aromatic rings. The zero-order valence-electron chi connectivity index (χ0n) is 14.7. The molecule has 2 aromatic carbocycles. The van der Waals surface area contributed by atoms with E-state index in [2.05, 4.69) is 15.3 Å². The normalized spacial score (nSPS) is 14.3. The van der Waals surface area contributed by atoms with Gasteiger partial charge >= 0.3 is 0 Å². The van der Waals surface area contributed by atoms with Gasteiger partial charge in [-0.05, 0) is 36.4 Å². The molecular formula is C22H14N4O2. The Kier molecular flexibility index (Phi) is 3.62. The van der Waals surface area contributed by atoms with Gasteiger partial charge in [-0.3, -0.25) is 9.59 Å². The number of hydrogen-bond donors (Lipinski definition) is 1. The van der Waals surface area contributed by atoms with Gasteiger partial charge in [0.2, 0.25) is 0 Å². The average Bonchev–Trinajstić information content (AvgIpc) is 3.04. The molecule has 5 rings (SSSR count). The summed E-state index contributed by atoms with van der Waals surface area (Å²) in [5.74, 6) is 0.574. The lowest BCUT2D eigenvalue weighted by molar-refractivity contribution is -0.110. The SMILES string of the molecule is O=C1Nc2ccccc2/C1=C\c1nc2ccccc2c(=O)n1-c1ccccn1. The van der Waals surface area contributed by atoms with E-state index in [1.54, 1.807) is 48.7 Å². The Balaban J connectivity index is 1.83. The number of aromatic nitrogens is 3. The van der Waals surface area contributed by atoms with Gasteiger partial charge in [-0.25, -0.2) is 14.5 Å². The van der Waals surface area contributed by atoms with Crippen molar-refractivity contribution in [3.63, 3.8) is 0 Å². The van der Waals surface area contributed by atoms with E-state index in [1.165, 1.54) is 4.57 Å². The number of anilines is 1. The van der Waals surface area contributed by atoms with E-state index in [4.69, 9.17) is 0 Å². The fourth-order valence-electron chi connectivity index (χ4n) is 3.37. The number of pyridine rings is 1. The Morgan fingerprint density at radius 2 is 1.68 bits per heavy atom. The van der Waals surface area contributed by atoms with Crippen molar-refractivity contribution < 1.29 is 4.79 Å². The van der Waals surface area contributed by atoms with Crippen molar-refractivity contribution in [2.75, 3.05) is 5.32 Å². The van der Waals surface area contributed by atoms with Gasteiger partial charge in [-0.15, -0.1) is 0 Å². The molecule has 0 unspecified atom stereocenters. The lowest BCUT2D eigenvalue weighted by Gasteiger charge is -2.11. The van der Waals surface area contributed by atoms with Crippen LogP contribution >= 0.6 is 0 Å². The smallest absolute Gasteiger partial charge is 0.267 e. The Morgan fingerprint density at radius 1 is 0.893 bits per heavy atom. The highest BCUT2D eigenvalue weighted by Crippen LogP contribution is 2.32. The standard InChI is InChI=1S/C22H14N4O2/c27-21-16(14-7-1-3-9-17(14)25-21)13-20-24-18-10-4-2-8-15(18)22(28)26(20)19-11-5-6-12-23-19/h1-13H,(H,25,27)/b16-13+. The molecule has 6 heteroatoms. The van der Waals surface area contributed by atoms with Crippen molar-refractivity contribution in [2.24, 2.45) is 0 Å². The number of nitrogens with one attached hydrogen (secondary N) is 1. The number of carbonyl (C=O) groups is 1. The summed E-state index contributed by atoms with van der Waals surface area (Å²) in [7, 11) is 0. The summed E-state index contributed by atoms with van der Waals surface area (Å²) < 4.78 is 1.43. The van der Waals surface area contributed by atoms with E-state index in [0.29, 0.717) is 28.1 Å². The topological polar surface area (TPSA) is 76.9 Å². The fraction of sp³-hybridized carbons (Fsp3) is 0. The second-order valence-corrected chi connectivity index (χ2v) is 6.37. The van der Waals surface area contributed by atoms with Crippen molar-refractivity contribution >= 4 is 34.1 Å². The fourth-order valence-corrected chi connectivity index (χ4v) is 3.37. The summed E-state index contributed by atoms with van der Waals surface area (Å²) in [4.78, 5) is 34.7. The van der Waals surface area contributed by atoms with Gasteiger partial charge in [0.15, 0.2) is 0 Å². The van der Waals surface area contributed by atoms with E-state index < -0.39 is 0 Å². The van der Waals surface area contributed by atoms with Crippen LogP contribution in [0.25, 0.3) is 28.4 Å². The lowest BCUT2D eigenvalue weighted by atomic mass is 10.1. The molecule has 134 valence electrons. The van der Waals surface area contributed by atoms with Gasteiger partial charge < -0.3 is 5.32 Å². The van der Waals surface area contributed by atoms with Crippen LogP contribution in [-0.4, -0.2) is 20.4 Å². The zero-order valence-corrected chi connectivity index (χ0v) is 14.7. The maximum Gasteiger partial charge on any atom is 0.267 e. The Hall–Kier alpha value is -4.06. The molecule has 3 heterocycles. The van der Waals surface area contributed by atoms with Crippen LogP contribution in [0, 0.1) is 0 Å². The number of benzene rings is 2. The quantitative estimate of drug-likeness (QED) is 0.553. The third kappa shape index (κ3) is 2.51. The number of rotatable bonds is 2. The first-order valence-corrected chi connectivity index (χ1v) is 8.78. The van der Waals surface area contributed by atoms with Crippen LogP contribution < -0.4 is 10.9 Å². The van der Waals surface area contributed by atoms with E-state index in [9.17, 15) is 9.59 Å². The first kappa shape index (κ1) is 16.1. The van der Waals surface area contributed by atoms with Gasteiger partial charge in [0.1, 0.15) is 11.6 Å². The van der Waals surface area contributed by atoms with Crippen LogP contribution in [0.15, 0.2) is 77.7 Å². The summed E-state index contributed by atoms with van der Waals surface area (Å²) in [6.07, 6.45) is 3.26. The van der Waals surface area contributed by atoms with Crippen LogP contribution in [0.5, 0.6) is 0 Å². The van der Waals surface area contributed by atoms with Gasteiger partial charge in [0.25, 0.3) is 11.5 Å². The predicted molar refractivity (Wildman–Crippen MR) is 108 cm³/mol. The molecular weight excluding hydrogens is 352 g/mol. The van der Waals surface area contributed by atoms with Crippen LogP contribution in [-0.2, 0) is 4.79 Å². The molecule has 1 aliphatic rings. The summed E-state index contributed by atoms with van der Waals surface area (Å²) in [5, 5.41) is 3.33. The maximum absolute atomic E-state index is 13.2. The molecule has 0 saturated heterocycles. The molecule has 1 N–H and O–H groups in total.